The molecule has 1 N–H and O–H groups in total. The van der Waals surface area contributed by atoms with Crippen LogP contribution in [-0.4, -0.2) is 36.5 Å². The smallest absolute Gasteiger partial charge is 0.219 e. The molecule has 70 valence electrons. The molecule has 1 atom stereocenters. The number of hydrogen-bond donors (Lipinski definition) is 1. The fourth-order valence-electron chi connectivity index (χ4n) is 1.56. The van der Waals surface area contributed by atoms with Crippen molar-refractivity contribution in [2.45, 2.75) is 32.7 Å². The minimum absolute atomic E-state index is 0.204. The van der Waals surface area contributed by atoms with Gasteiger partial charge in [-0.15, -0.1) is 0 Å². The Kier molecular flexibility index (Phi) is 3.53. The van der Waals surface area contributed by atoms with Crippen LogP contribution in [0.5, 0.6) is 0 Å². The summed E-state index contributed by atoms with van der Waals surface area (Å²) in [6.07, 6.45) is 2.27. The normalized spacial score (nSPS) is 23.2. The van der Waals surface area contributed by atoms with Crippen molar-refractivity contribution in [3.63, 3.8) is 0 Å². The molecule has 1 heterocycles. The highest BCUT2D eigenvalue weighted by atomic mass is 16.2. The van der Waals surface area contributed by atoms with Gasteiger partial charge in [-0.05, 0) is 19.4 Å². The molecule has 0 spiro atoms. The highest BCUT2D eigenvalue weighted by molar-refractivity contribution is 5.73. The number of nitrogens with one attached hydrogen (secondary N) is 1. The van der Waals surface area contributed by atoms with Crippen molar-refractivity contribution >= 4 is 5.91 Å². The average molecular weight is 170 g/mol. The summed E-state index contributed by atoms with van der Waals surface area (Å²) >= 11 is 0. The first-order chi connectivity index (χ1) is 5.74. The van der Waals surface area contributed by atoms with E-state index in [1.165, 1.54) is 0 Å². The van der Waals surface area contributed by atoms with E-state index in [-0.39, 0.29) is 5.91 Å². The summed E-state index contributed by atoms with van der Waals surface area (Å²) < 4.78 is 0. The Morgan fingerprint density at radius 1 is 1.67 bits per heavy atom. The zero-order chi connectivity index (χ0) is 8.97. The standard InChI is InChI=1S/C9H18N2O/c1-3-5-10-9-4-6-11(7-9)8(2)12/h9-10H,3-7H2,1-2H3/t9-/m0/s1. The summed E-state index contributed by atoms with van der Waals surface area (Å²) in [7, 11) is 0. The fraction of sp³-hybridized carbons (Fsp3) is 0.889. The summed E-state index contributed by atoms with van der Waals surface area (Å²) in [5.41, 5.74) is 0. The number of hydrogen-bond acceptors (Lipinski definition) is 2. The molecule has 12 heavy (non-hydrogen) atoms. The van der Waals surface area contributed by atoms with Crippen LogP contribution in [0.4, 0.5) is 0 Å². The molecule has 1 rings (SSSR count). The van der Waals surface area contributed by atoms with Crippen molar-refractivity contribution in [3.8, 4) is 0 Å². The second-order valence-electron chi connectivity index (χ2n) is 3.40. The van der Waals surface area contributed by atoms with Gasteiger partial charge in [0.2, 0.25) is 5.91 Å². The SMILES string of the molecule is CCCN[C@H]1CCN(C(C)=O)C1. The zero-order valence-electron chi connectivity index (χ0n) is 7.97. The molecule has 3 heteroatoms. The van der Waals surface area contributed by atoms with E-state index < -0.39 is 0 Å². The maximum atomic E-state index is 11.0. The molecule has 0 aliphatic carbocycles. The highest BCUT2D eigenvalue weighted by Gasteiger charge is 2.22. The lowest BCUT2D eigenvalue weighted by Gasteiger charge is -2.14. The van der Waals surface area contributed by atoms with Crippen LogP contribution in [-0.2, 0) is 4.79 Å². The molecular formula is C9H18N2O. The molecule has 0 saturated carbocycles. The van der Waals surface area contributed by atoms with Gasteiger partial charge in [0.05, 0.1) is 0 Å². The lowest BCUT2D eigenvalue weighted by Crippen LogP contribution is -2.34. The second-order valence-corrected chi connectivity index (χ2v) is 3.40. The Bertz CT molecular complexity index is 159. The van der Waals surface area contributed by atoms with Crippen molar-refractivity contribution in [2.24, 2.45) is 0 Å². The number of amides is 1. The quantitative estimate of drug-likeness (QED) is 0.673. The van der Waals surface area contributed by atoms with E-state index >= 15 is 0 Å². The average Bonchev–Trinajstić information content (AvgIpc) is 2.48. The van der Waals surface area contributed by atoms with Gasteiger partial charge in [-0.25, -0.2) is 0 Å². The van der Waals surface area contributed by atoms with Crippen molar-refractivity contribution < 1.29 is 4.79 Å². The molecule has 1 aliphatic rings. The van der Waals surface area contributed by atoms with Gasteiger partial charge in [0, 0.05) is 26.1 Å². The number of carbonyl (C=O) groups is 1. The molecule has 1 aliphatic heterocycles. The van der Waals surface area contributed by atoms with Gasteiger partial charge in [-0.3, -0.25) is 4.79 Å². The third-order valence-corrected chi connectivity index (χ3v) is 2.32. The summed E-state index contributed by atoms with van der Waals surface area (Å²) in [5.74, 6) is 0.204. The molecular weight excluding hydrogens is 152 g/mol. The predicted molar refractivity (Wildman–Crippen MR) is 49.0 cm³/mol. The van der Waals surface area contributed by atoms with Crippen LogP contribution in [0.2, 0.25) is 0 Å². The van der Waals surface area contributed by atoms with E-state index in [9.17, 15) is 4.79 Å². The summed E-state index contributed by atoms with van der Waals surface area (Å²) in [4.78, 5) is 12.9. The van der Waals surface area contributed by atoms with Crippen molar-refractivity contribution in [1.29, 1.82) is 0 Å². The minimum atomic E-state index is 0.204. The second kappa shape index (κ2) is 4.45. The molecule has 0 radical (unpaired) electrons. The molecule has 0 bridgehead atoms. The molecule has 0 aromatic heterocycles. The van der Waals surface area contributed by atoms with Crippen molar-refractivity contribution in [3.05, 3.63) is 0 Å². The Hall–Kier alpha value is -0.570. The largest absolute Gasteiger partial charge is 0.341 e. The van der Waals surface area contributed by atoms with Crippen LogP contribution in [0.25, 0.3) is 0 Å². The minimum Gasteiger partial charge on any atom is -0.341 e. The lowest BCUT2D eigenvalue weighted by molar-refractivity contribution is -0.127. The van der Waals surface area contributed by atoms with E-state index in [1.807, 2.05) is 4.90 Å². The van der Waals surface area contributed by atoms with Gasteiger partial charge in [-0.1, -0.05) is 6.92 Å². The van der Waals surface area contributed by atoms with E-state index in [4.69, 9.17) is 0 Å². The van der Waals surface area contributed by atoms with Crippen molar-refractivity contribution in [1.82, 2.24) is 10.2 Å². The lowest BCUT2D eigenvalue weighted by atomic mass is 10.2. The highest BCUT2D eigenvalue weighted by Crippen LogP contribution is 2.08. The molecule has 0 aromatic carbocycles. The van der Waals surface area contributed by atoms with Crippen LogP contribution in [0, 0.1) is 0 Å². The van der Waals surface area contributed by atoms with Gasteiger partial charge >= 0.3 is 0 Å². The number of likely N-dealkylation sites (tertiary alicyclic amines) is 1. The van der Waals surface area contributed by atoms with Gasteiger partial charge in [0.1, 0.15) is 0 Å². The maximum absolute atomic E-state index is 11.0. The van der Waals surface area contributed by atoms with E-state index in [2.05, 4.69) is 12.2 Å². The third-order valence-electron chi connectivity index (χ3n) is 2.32. The number of rotatable bonds is 3. The number of carbonyl (C=O) groups excluding carboxylic acids is 1. The first-order valence-corrected chi connectivity index (χ1v) is 4.73. The molecule has 1 saturated heterocycles. The molecule has 1 amide bonds. The van der Waals surface area contributed by atoms with Crippen LogP contribution in [0.15, 0.2) is 0 Å². The van der Waals surface area contributed by atoms with Gasteiger partial charge < -0.3 is 10.2 Å². The van der Waals surface area contributed by atoms with Gasteiger partial charge in [-0.2, -0.15) is 0 Å². The van der Waals surface area contributed by atoms with Crippen LogP contribution in [0.3, 0.4) is 0 Å². The van der Waals surface area contributed by atoms with Crippen LogP contribution in [0.1, 0.15) is 26.7 Å². The Morgan fingerprint density at radius 2 is 2.42 bits per heavy atom. The van der Waals surface area contributed by atoms with Crippen LogP contribution < -0.4 is 5.32 Å². The molecule has 0 unspecified atom stereocenters. The van der Waals surface area contributed by atoms with Crippen LogP contribution >= 0.6 is 0 Å². The Labute approximate surface area is 74.1 Å². The summed E-state index contributed by atoms with van der Waals surface area (Å²) in [6.45, 7) is 6.69. The maximum Gasteiger partial charge on any atom is 0.219 e. The fourth-order valence-corrected chi connectivity index (χ4v) is 1.56. The first kappa shape index (κ1) is 9.52. The van der Waals surface area contributed by atoms with E-state index in [1.54, 1.807) is 6.92 Å². The monoisotopic (exact) mass is 170 g/mol. The van der Waals surface area contributed by atoms with Gasteiger partial charge in [0.15, 0.2) is 0 Å². The van der Waals surface area contributed by atoms with Crippen molar-refractivity contribution in [2.75, 3.05) is 19.6 Å². The number of nitrogens with zero attached hydrogens (tertiary/aromatic N) is 1. The Morgan fingerprint density at radius 3 is 2.92 bits per heavy atom. The zero-order valence-corrected chi connectivity index (χ0v) is 7.97. The van der Waals surface area contributed by atoms with E-state index in [0.717, 1.165) is 32.5 Å². The summed E-state index contributed by atoms with van der Waals surface area (Å²) in [5, 5.41) is 3.42. The molecule has 0 aromatic rings. The Balaban J connectivity index is 2.21. The topological polar surface area (TPSA) is 32.3 Å². The molecule has 1 fully saturated rings. The van der Waals surface area contributed by atoms with E-state index in [0.29, 0.717) is 6.04 Å². The first-order valence-electron chi connectivity index (χ1n) is 4.73. The summed E-state index contributed by atoms with van der Waals surface area (Å²) in [6, 6.07) is 0.536. The van der Waals surface area contributed by atoms with Gasteiger partial charge in [0.25, 0.3) is 0 Å². The molecule has 3 nitrogen and oxygen atoms in total. The predicted octanol–water partition coefficient (Wildman–Crippen LogP) is 0.607. The third kappa shape index (κ3) is 2.48.